The zero-order valence-corrected chi connectivity index (χ0v) is 15.8. The van der Waals surface area contributed by atoms with Crippen LogP contribution in [-0.4, -0.2) is 52.3 Å². The SMILES string of the molecule is O=C(N[C@@H]1CN(C(=O)O)CCC[C@H]1O)c1cc(F)ccc1OCc1ccccc1. The van der Waals surface area contributed by atoms with Crippen molar-refractivity contribution in [3.8, 4) is 5.75 Å². The summed E-state index contributed by atoms with van der Waals surface area (Å²) in [5.41, 5.74) is 0.874. The molecule has 2 aromatic carbocycles. The normalized spacial score (nSPS) is 19.3. The summed E-state index contributed by atoms with van der Waals surface area (Å²) < 4.78 is 19.5. The Bertz CT molecular complexity index is 861. The van der Waals surface area contributed by atoms with Gasteiger partial charge in [-0.15, -0.1) is 0 Å². The molecule has 2 amide bonds. The fourth-order valence-corrected chi connectivity index (χ4v) is 3.25. The molecule has 1 heterocycles. The number of carbonyl (C=O) groups excluding carboxylic acids is 1. The van der Waals surface area contributed by atoms with Gasteiger partial charge in [-0.05, 0) is 36.6 Å². The summed E-state index contributed by atoms with van der Waals surface area (Å²) in [6.07, 6.45) is -1.16. The molecule has 0 aliphatic carbocycles. The number of ether oxygens (including phenoxy) is 1. The number of nitrogens with one attached hydrogen (secondary N) is 1. The fraction of sp³-hybridized carbons (Fsp3) is 0.333. The highest BCUT2D eigenvalue weighted by molar-refractivity contribution is 5.97. The number of carboxylic acid groups (broad SMARTS) is 1. The minimum Gasteiger partial charge on any atom is -0.488 e. The summed E-state index contributed by atoms with van der Waals surface area (Å²) in [6, 6.07) is 12.2. The van der Waals surface area contributed by atoms with Crippen molar-refractivity contribution in [2.75, 3.05) is 13.1 Å². The molecule has 0 bridgehead atoms. The molecule has 1 aliphatic rings. The zero-order chi connectivity index (χ0) is 20.8. The van der Waals surface area contributed by atoms with Crippen LogP contribution < -0.4 is 10.1 Å². The fourth-order valence-electron chi connectivity index (χ4n) is 3.25. The molecule has 0 aromatic heterocycles. The van der Waals surface area contributed by atoms with Gasteiger partial charge in [0.25, 0.3) is 5.91 Å². The van der Waals surface area contributed by atoms with Crippen molar-refractivity contribution >= 4 is 12.0 Å². The average Bonchev–Trinajstić information content (AvgIpc) is 2.89. The van der Waals surface area contributed by atoms with E-state index in [1.165, 1.54) is 12.1 Å². The molecule has 29 heavy (non-hydrogen) atoms. The van der Waals surface area contributed by atoms with Crippen molar-refractivity contribution < 1.29 is 28.9 Å². The van der Waals surface area contributed by atoms with Gasteiger partial charge in [-0.2, -0.15) is 0 Å². The zero-order valence-electron chi connectivity index (χ0n) is 15.8. The third kappa shape index (κ3) is 5.45. The Kier molecular flexibility index (Phi) is 6.66. The molecule has 3 rings (SSSR count). The minimum atomic E-state index is -1.11. The van der Waals surface area contributed by atoms with Gasteiger partial charge < -0.3 is 25.2 Å². The van der Waals surface area contributed by atoms with Gasteiger partial charge in [-0.25, -0.2) is 9.18 Å². The molecular weight excluding hydrogens is 379 g/mol. The highest BCUT2D eigenvalue weighted by atomic mass is 19.1. The van der Waals surface area contributed by atoms with Gasteiger partial charge in [-0.1, -0.05) is 30.3 Å². The molecule has 7 nitrogen and oxygen atoms in total. The number of amides is 2. The van der Waals surface area contributed by atoms with Crippen molar-refractivity contribution in [3.63, 3.8) is 0 Å². The first-order chi connectivity index (χ1) is 13.9. The van der Waals surface area contributed by atoms with Gasteiger partial charge in [0.1, 0.15) is 18.2 Å². The number of carbonyl (C=O) groups is 2. The van der Waals surface area contributed by atoms with Crippen LogP contribution in [0.4, 0.5) is 9.18 Å². The number of aliphatic hydroxyl groups excluding tert-OH is 1. The van der Waals surface area contributed by atoms with E-state index in [1.807, 2.05) is 30.3 Å². The number of hydrogen-bond donors (Lipinski definition) is 3. The van der Waals surface area contributed by atoms with E-state index in [9.17, 15) is 24.2 Å². The summed E-state index contributed by atoms with van der Waals surface area (Å²) in [5.74, 6) is -1.04. The number of likely N-dealkylation sites (tertiary alicyclic amines) is 1. The molecule has 3 N–H and O–H groups in total. The molecular formula is C21H23FN2O5. The Morgan fingerprint density at radius 1 is 1.21 bits per heavy atom. The van der Waals surface area contributed by atoms with Crippen molar-refractivity contribution in [1.29, 1.82) is 0 Å². The second-order valence-electron chi connectivity index (χ2n) is 6.93. The van der Waals surface area contributed by atoms with Gasteiger partial charge in [0.05, 0.1) is 17.7 Å². The van der Waals surface area contributed by atoms with E-state index < -0.39 is 30.0 Å². The van der Waals surface area contributed by atoms with Gasteiger partial charge in [0.15, 0.2) is 0 Å². The predicted octanol–water partition coefficient (Wildman–Crippen LogP) is 2.64. The number of benzene rings is 2. The quantitative estimate of drug-likeness (QED) is 0.714. The van der Waals surface area contributed by atoms with E-state index in [4.69, 9.17) is 4.74 Å². The van der Waals surface area contributed by atoms with Crippen LogP contribution in [0.15, 0.2) is 48.5 Å². The minimum absolute atomic E-state index is 0.0146. The molecule has 0 radical (unpaired) electrons. The number of hydrogen-bond acceptors (Lipinski definition) is 4. The molecule has 1 fully saturated rings. The third-order valence-corrected chi connectivity index (χ3v) is 4.82. The van der Waals surface area contributed by atoms with Gasteiger partial charge in [0, 0.05) is 13.1 Å². The molecule has 154 valence electrons. The van der Waals surface area contributed by atoms with Crippen LogP contribution in [0.1, 0.15) is 28.8 Å². The smallest absolute Gasteiger partial charge is 0.407 e. The molecule has 1 saturated heterocycles. The van der Waals surface area contributed by atoms with E-state index in [2.05, 4.69) is 5.32 Å². The van der Waals surface area contributed by atoms with E-state index >= 15 is 0 Å². The van der Waals surface area contributed by atoms with Crippen LogP contribution in [0.5, 0.6) is 5.75 Å². The second kappa shape index (κ2) is 9.38. The lowest BCUT2D eigenvalue weighted by atomic mass is 10.1. The summed E-state index contributed by atoms with van der Waals surface area (Å²) in [4.78, 5) is 25.2. The maximum absolute atomic E-state index is 13.8. The highest BCUT2D eigenvalue weighted by Crippen LogP contribution is 2.22. The largest absolute Gasteiger partial charge is 0.488 e. The Labute approximate surface area is 167 Å². The Morgan fingerprint density at radius 2 is 1.97 bits per heavy atom. The van der Waals surface area contributed by atoms with E-state index in [1.54, 1.807) is 0 Å². The average molecular weight is 402 g/mol. The first kappa shape index (κ1) is 20.6. The first-order valence-electron chi connectivity index (χ1n) is 9.37. The van der Waals surface area contributed by atoms with Crippen molar-refractivity contribution in [2.45, 2.75) is 31.6 Å². The van der Waals surface area contributed by atoms with Gasteiger partial charge in [-0.3, -0.25) is 4.79 Å². The van der Waals surface area contributed by atoms with Crippen LogP contribution >= 0.6 is 0 Å². The number of rotatable bonds is 5. The lowest BCUT2D eigenvalue weighted by Gasteiger charge is -2.25. The van der Waals surface area contributed by atoms with Gasteiger partial charge >= 0.3 is 6.09 Å². The van der Waals surface area contributed by atoms with Crippen LogP contribution in [0.2, 0.25) is 0 Å². The van der Waals surface area contributed by atoms with Crippen molar-refractivity contribution in [1.82, 2.24) is 10.2 Å². The molecule has 0 unspecified atom stereocenters. The third-order valence-electron chi connectivity index (χ3n) is 4.82. The summed E-state index contributed by atoms with van der Waals surface area (Å²) >= 11 is 0. The molecule has 1 aliphatic heterocycles. The molecule has 2 atom stereocenters. The first-order valence-corrected chi connectivity index (χ1v) is 9.37. The summed E-state index contributed by atoms with van der Waals surface area (Å²) in [6.45, 7) is 0.438. The standard InChI is InChI=1S/C21H23FN2O5/c22-15-8-9-19(29-13-14-5-2-1-3-6-14)16(11-15)20(26)23-17-12-24(21(27)28)10-4-7-18(17)25/h1-3,5-6,8-9,11,17-18,25H,4,7,10,12-13H2,(H,23,26)(H,27,28)/t17-,18-/m1/s1. The predicted molar refractivity (Wildman–Crippen MR) is 103 cm³/mol. The maximum atomic E-state index is 13.8. The Balaban J connectivity index is 1.75. The molecule has 2 aromatic rings. The number of nitrogens with zero attached hydrogens (tertiary/aromatic N) is 1. The summed E-state index contributed by atoms with van der Waals surface area (Å²) in [7, 11) is 0. The number of halogens is 1. The molecule has 8 heteroatoms. The van der Waals surface area contributed by atoms with Gasteiger partial charge in [0.2, 0.25) is 0 Å². The van der Waals surface area contributed by atoms with E-state index in [0.29, 0.717) is 12.8 Å². The van der Waals surface area contributed by atoms with Crippen molar-refractivity contribution in [3.05, 3.63) is 65.5 Å². The second-order valence-corrected chi connectivity index (χ2v) is 6.93. The monoisotopic (exact) mass is 402 g/mol. The lowest BCUT2D eigenvalue weighted by molar-refractivity contribution is 0.0788. The molecule has 0 saturated carbocycles. The topological polar surface area (TPSA) is 99.1 Å². The summed E-state index contributed by atoms with van der Waals surface area (Å²) in [5, 5.41) is 22.2. The van der Waals surface area contributed by atoms with Crippen molar-refractivity contribution in [2.24, 2.45) is 0 Å². The Morgan fingerprint density at radius 3 is 2.69 bits per heavy atom. The van der Waals surface area contributed by atoms with Crippen LogP contribution in [0.25, 0.3) is 0 Å². The number of aliphatic hydroxyl groups is 1. The maximum Gasteiger partial charge on any atom is 0.407 e. The highest BCUT2D eigenvalue weighted by Gasteiger charge is 2.30. The van der Waals surface area contributed by atoms with E-state index in [0.717, 1.165) is 16.5 Å². The van der Waals surface area contributed by atoms with E-state index in [-0.39, 0.29) is 31.0 Å². The van der Waals surface area contributed by atoms with Crippen LogP contribution in [-0.2, 0) is 6.61 Å². The van der Waals surface area contributed by atoms with Crippen LogP contribution in [0.3, 0.4) is 0 Å². The Hall–Kier alpha value is -3.13. The lowest BCUT2D eigenvalue weighted by Crippen LogP contribution is -2.49. The van der Waals surface area contributed by atoms with Crippen LogP contribution in [0, 0.1) is 5.82 Å². The molecule has 0 spiro atoms.